The Morgan fingerprint density at radius 1 is 1.00 bits per heavy atom. The molecule has 2 fully saturated rings. The summed E-state index contributed by atoms with van der Waals surface area (Å²) in [6.07, 6.45) is -6.35. The maximum Gasteiger partial charge on any atom is 2.00 e. The summed E-state index contributed by atoms with van der Waals surface area (Å²) in [6.45, 7) is 0. The van der Waals surface area contributed by atoms with Crippen LogP contribution in [0, 0.1) is 0 Å². The molecule has 9 nitrogen and oxygen atoms in total. The van der Waals surface area contributed by atoms with Crippen LogP contribution in [0.5, 0.6) is 0 Å². The molecular weight excluding hydrogens is 260 g/mol. The Bertz CT molecular complexity index is 214. The van der Waals surface area contributed by atoms with Gasteiger partial charge in [-0.3, -0.25) is 0 Å². The van der Waals surface area contributed by atoms with Gasteiger partial charge in [0.25, 0.3) is 0 Å². The summed E-state index contributed by atoms with van der Waals surface area (Å²) in [5, 5.41) is 17.2. The number of hydrogen-bond donors (Lipinski definition) is 2. The third kappa shape index (κ3) is 4.60. The average Bonchev–Trinajstić information content (AvgIpc) is 2.76. The van der Waals surface area contributed by atoms with Crippen molar-refractivity contribution in [3.63, 3.8) is 0 Å². The maximum absolute atomic E-state index is 10.5. The van der Waals surface area contributed by atoms with E-state index in [1.54, 1.807) is 0 Å². The average molecular weight is 266 g/mol. The van der Waals surface area contributed by atoms with Crippen LogP contribution in [0.15, 0.2) is 0 Å². The molecule has 0 aromatic rings. The smallest absolute Gasteiger partial charge is 1.00 e. The predicted molar refractivity (Wildman–Crippen MR) is 37.8 cm³/mol. The van der Waals surface area contributed by atoms with Crippen LogP contribution in [0.3, 0.4) is 0 Å². The van der Waals surface area contributed by atoms with Gasteiger partial charge in [0.1, 0.15) is 0 Å². The van der Waals surface area contributed by atoms with Crippen LogP contribution < -0.4 is 0 Å². The molecule has 0 unspecified atom stereocenters. The van der Waals surface area contributed by atoms with Crippen LogP contribution in [0.4, 0.5) is 4.79 Å². The molecule has 2 aliphatic rings. The number of aliphatic hydroxyl groups is 2. The molecule has 0 aromatic carbocycles. The van der Waals surface area contributed by atoms with Gasteiger partial charge in [-0.2, -0.15) is 0 Å². The Morgan fingerprint density at radius 3 is 1.50 bits per heavy atom. The van der Waals surface area contributed by atoms with Gasteiger partial charge in [-0.25, -0.2) is 4.79 Å². The van der Waals surface area contributed by atoms with Crippen molar-refractivity contribution in [2.45, 2.75) is 12.3 Å². The number of rotatable bonds is 2. The minimum absolute atomic E-state index is 0. The standard InChI is InChI=1S/C3H2O9.2Ca.4H/c4-1(7-2(5)9-10-2)8-3(6)11-12-3;;;;;;/h5-6H;;;;;;/q;2*+2;4*-1. The molecule has 2 aliphatic heterocycles. The first kappa shape index (κ1) is 15.5. The molecule has 0 aromatic heterocycles. The Balaban J connectivity index is -0.0000000939. The molecule has 0 radical (unpaired) electrons. The predicted octanol–water partition coefficient (Wildman–Crippen LogP) is -2.04. The van der Waals surface area contributed by atoms with E-state index in [1.165, 1.54) is 0 Å². The molecule has 0 bridgehead atoms. The van der Waals surface area contributed by atoms with Crippen LogP contribution in [0.25, 0.3) is 0 Å². The van der Waals surface area contributed by atoms with E-state index in [-0.39, 0.29) is 81.2 Å². The van der Waals surface area contributed by atoms with E-state index in [2.05, 4.69) is 29.0 Å². The van der Waals surface area contributed by atoms with E-state index < -0.39 is 18.5 Å². The van der Waals surface area contributed by atoms with E-state index in [4.69, 9.17) is 10.2 Å². The zero-order valence-electron chi connectivity index (χ0n) is 10.7. The van der Waals surface area contributed by atoms with Gasteiger partial charge >= 0.3 is 94.0 Å². The fourth-order valence-corrected chi connectivity index (χ4v) is 0.371. The Morgan fingerprint density at radius 2 is 1.29 bits per heavy atom. The monoisotopic (exact) mass is 266 g/mol. The van der Waals surface area contributed by atoms with Gasteiger partial charge in [0, 0.05) is 0 Å². The molecule has 2 rings (SSSR count). The van der Waals surface area contributed by atoms with Crippen molar-refractivity contribution in [3.05, 3.63) is 0 Å². The van der Waals surface area contributed by atoms with Gasteiger partial charge in [-0.15, -0.1) is 19.6 Å². The normalized spacial score (nSPS) is 23.6. The third-order valence-electron chi connectivity index (χ3n) is 0.876. The zero-order chi connectivity index (χ0) is 8.82. The summed E-state index contributed by atoms with van der Waals surface area (Å²) in [7, 11) is 0. The summed E-state index contributed by atoms with van der Waals surface area (Å²) in [6, 6.07) is 0. The van der Waals surface area contributed by atoms with Gasteiger partial charge < -0.3 is 25.4 Å². The third-order valence-corrected chi connectivity index (χ3v) is 0.876. The minimum atomic E-state index is -2.43. The van der Waals surface area contributed by atoms with Crippen molar-refractivity contribution in [1.29, 1.82) is 0 Å². The second kappa shape index (κ2) is 5.25. The van der Waals surface area contributed by atoms with E-state index in [0.29, 0.717) is 0 Å². The Kier molecular flexibility index (Phi) is 5.83. The summed E-state index contributed by atoms with van der Waals surface area (Å²) in [4.78, 5) is 25.6. The summed E-state index contributed by atoms with van der Waals surface area (Å²) >= 11 is 0. The van der Waals surface area contributed by atoms with E-state index in [1.807, 2.05) is 0 Å². The Labute approximate surface area is 142 Å². The number of carbonyl (C=O) groups is 1. The van der Waals surface area contributed by atoms with Crippen molar-refractivity contribution in [2.75, 3.05) is 0 Å². The molecule has 0 aliphatic carbocycles. The molecule has 11 heteroatoms. The van der Waals surface area contributed by atoms with Crippen LogP contribution in [-0.4, -0.2) is 104 Å². The molecule has 0 spiro atoms. The summed E-state index contributed by atoms with van der Waals surface area (Å²) < 4.78 is 7.79. The first-order chi connectivity index (χ1) is 5.52. The molecule has 0 atom stereocenters. The van der Waals surface area contributed by atoms with Crippen LogP contribution in [0.2, 0.25) is 0 Å². The molecular formula is C3H6Ca2O9. The summed E-state index contributed by atoms with van der Waals surface area (Å²) in [5.41, 5.74) is 0. The maximum atomic E-state index is 10.5. The van der Waals surface area contributed by atoms with Crippen LogP contribution in [-0.2, 0) is 29.0 Å². The van der Waals surface area contributed by atoms with Gasteiger partial charge in [0.2, 0.25) is 0 Å². The summed E-state index contributed by atoms with van der Waals surface area (Å²) in [5.74, 6) is 0. The van der Waals surface area contributed by atoms with Gasteiger partial charge in [-0.05, 0) is 0 Å². The Hall–Kier alpha value is 1.55. The fraction of sp³-hybridized carbons (Fsp3) is 0.667. The van der Waals surface area contributed by atoms with E-state index in [0.717, 1.165) is 0 Å². The molecule has 14 heavy (non-hydrogen) atoms. The van der Waals surface area contributed by atoms with Crippen LogP contribution in [0.1, 0.15) is 5.71 Å². The van der Waals surface area contributed by atoms with Crippen molar-refractivity contribution >= 4 is 81.6 Å². The first-order valence-corrected chi connectivity index (χ1v) is 2.62. The van der Waals surface area contributed by atoms with Gasteiger partial charge in [0.05, 0.1) is 0 Å². The number of ether oxygens (including phenoxy) is 2. The first-order valence-electron chi connectivity index (χ1n) is 2.62. The SMILES string of the molecule is O=C(OC1(O)OO1)OC1(O)OO1.[Ca+2].[Ca+2].[H-].[H-].[H-].[H-]. The van der Waals surface area contributed by atoms with Crippen molar-refractivity contribution in [1.82, 2.24) is 0 Å². The van der Waals surface area contributed by atoms with Crippen molar-refractivity contribution < 1.29 is 49.7 Å². The minimum Gasteiger partial charge on any atom is -1.00 e. The molecule has 2 saturated heterocycles. The topological polar surface area (TPSA) is 126 Å². The molecule has 76 valence electrons. The second-order valence-corrected chi connectivity index (χ2v) is 1.84. The van der Waals surface area contributed by atoms with E-state index in [9.17, 15) is 4.79 Å². The zero-order valence-corrected chi connectivity index (χ0v) is 11.1. The fourth-order valence-electron chi connectivity index (χ4n) is 0.371. The number of carbonyl (C=O) groups excluding carboxylic acids is 1. The molecule has 0 saturated carbocycles. The van der Waals surface area contributed by atoms with Crippen molar-refractivity contribution in [3.8, 4) is 0 Å². The van der Waals surface area contributed by atoms with Gasteiger partial charge in [0.15, 0.2) is 0 Å². The largest absolute Gasteiger partial charge is 2.00 e. The second-order valence-electron chi connectivity index (χ2n) is 1.84. The number of hydrogen-bond acceptors (Lipinski definition) is 9. The van der Waals surface area contributed by atoms with Crippen LogP contribution >= 0.6 is 0 Å². The molecule has 2 heterocycles. The molecule has 2 N–H and O–H groups in total. The quantitative estimate of drug-likeness (QED) is 0.191. The molecule has 0 amide bonds. The van der Waals surface area contributed by atoms with Gasteiger partial charge in [-0.1, -0.05) is 0 Å². The van der Waals surface area contributed by atoms with E-state index >= 15 is 0 Å². The van der Waals surface area contributed by atoms with Crippen molar-refractivity contribution in [2.24, 2.45) is 0 Å².